The van der Waals surface area contributed by atoms with E-state index in [-0.39, 0.29) is 11.8 Å². The second kappa shape index (κ2) is 7.07. The van der Waals surface area contributed by atoms with Crippen molar-refractivity contribution in [3.63, 3.8) is 0 Å². The number of carbonyl (C=O) groups excluding carboxylic acids is 2. The lowest BCUT2D eigenvalue weighted by atomic mass is 9.99. The Kier molecular flexibility index (Phi) is 5.39. The third-order valence-electron chi connectivity index (χ3n) is 4.22. The van der Waals surface area contributed by atoms with Crippen molar-refractivity contribution >= 4 is 23.2 Å². The van der Waals surface area contributed by atoms with Crippen molar-refractivity contribution in [1.29, 1.82) is 0 Å². The molecule has 0 aromatic carbocycles. The molecule has 2 atom stereocenters. The summed E-state index contributed by atoms with van der Waals surface area (Å²) in [6, 6.07) is 1.01. The van der Waals surface area contributed by atoms with Crippen molar-refractivity contribution in [2.45, 2.75) is 58.4 Å². The van der Waals surface area contributed by atoms with Crippen molar-refractivity contribution in [1.82, 2.24) is 5.32 Å². The Balaban J connectivity index is 2.11. The molecule has 21 heavy (non-hydrogen) atoms. The highest BCUT2D eigenvalue weighted by Crippen LogP contribution is 2.29. The maximum atomic E-state index is 12.3. The summed E-state index contributed by atoms with van der Waals surface area (Å²) in [5.74, 6) is -1.64. The predicted molar refractivity (Wildman–Crippen MR) is 81.3 cm³/mol. The van der Waals surface area contributed by atoms with E-state index >= 15 is 0 Å². The lowest BCUT2D eigenvalue weighted by molar-refractivity contribution is -0.309. The second-order valence-corrected chi connectivity index (χ2v) is 6.91. The number of thiophene rings is 1. The summed E-state index contributed by atoms with van der Waals surface area (Å²) in [6.07, 6.45) is 6.31. The molecule has 0 saturated heterocycles. The number of carboxylic acids is 1. The molecular formula is C16H22NO3S-. The van der Waals surface area contributed by atoms with Gasteiger partial charge in [0.05, 0.1) is 16.9 Å². The van der Waals surface area contributed by atoms with Crippen LogP contribution in [-0.4, -0.2) is 17.9 Å². The Bertz CT molecular complexity index is 500. The Labute approximate surface area is 129 Å². The van der Waals surface area contributed by atoms with Crippen LogP contribution in [0.1, 0.15) is 59.6 Å². The maximum Gasteiger partial charge on any atom is 0.261 e. The fourth-order valence-corrected chi connectivity index (χ4v) is 3.82. The molecule has 2 rings (SSSR count). The highest BCUT2D eigenvalue weighted by atomic mass is 32.1. The van der Waals surface area contributed by atoms with Crippen molar-refractivity contribution in [3.05, 3.63) is 21.4 Å². The topological polar surface area (TPSA) is 69.2 Å². The number of rotatable bonds is 5. The summed E-state index contributed by atoms with van der Waals surface area (Å²) in [7, 11) is 0. The molecule has 1 aliphatic rings. The molecule has 0 radical (unpaired) electrons. The summed E-state index contributed by atoms with van der Waals surface area (Å²) in [5.41, 5.74) is 1.26. The number of carbonyl (C=O) groups is 2. The average Bonchev–Trinajstić information content (AvgIpc) is 2.74. The third-order valence-corrected chi connectivity index (χ3v) is 5.46. The number of aliphatic carboxylic acids is 1. The number of amides is 1. The zero-order valence-electron chi connectivity index (χ0n) is 12.6. The fraction of sp³-hybridized carbons (Fsp3) is 0.625. The molecule has 1 aromatic rings. The van der Waals surface area contributed by atoms with Crippen LogP contribution in [-0.2, 0) is 17.6 Å². The van der Waals surface area contributed by atoms with Gasteiger partial charge in [-0.05, 0) is 43.2 Å². The molecule has 0 spiro atoms. The second-order valence-electron chi connectivity index (χ2n) is 5.78. The number of hydrogen-bond donors (Lipinski definition) is 1. The molecule has 1 aliphatic carbocycles. The van der Waals surface area contributed by atoms with Gasteiger partial charge in [0.15, 0.2) is 0 Å². The van der Waals surface area contributed by atoms with Crippen LogP contribution in [0.3, 0.4) is 0 Å². The van der Waals surface area contributed by atoms with Crippen molar-refractivity contribution < 1.29 is 14.7 Å². The Morgan fingerprint density at radius 1 is 1.33 bits per heavy atom. The van der Waals surface area contributed by atoms with E-state index in [1.807, 2.05) is 19.9 Å². The van der Waals surface area contributed by atoms with Crippen LogP contribution in [0.15, 0.2) is 6.07 Å². The Morgan fingerprint density at radius 3 is 2.71 bits per heavy atom. The average molecular weight is 308 g/mol. The number of fused-ring (bicyclic) bond motifs is 1. The number of carboxylic acid groups (broad SMARTS) is 1. The van der Waals surface area contributed by atoms with Crippen LogP contribution in [0.25, 0.3) is 0 Å². The van der Waals surface area contributed by atoms with Gasteiger partial charge in [-0.25, -0.2) is 0 Å². The van der Waals surface area contributed by atoms with Gasteiger partial charge < -0.3 is 15.2 Å². The van der Waals surface area contributed by atoms with Gasteiger partial charge in [-0.2, -0.15) is 0 Å². The standard InChI is InChI=1S/C16H23NO3S/c1-3-10(2)14(16(19)20)17-15(18)13-9-11-7-5-4-6-8-12(11)21-13/h9-10,14H,3-8H2,1-2H3,(H,17,18)(H,19,20)/p-1/t10-,14-/m0/s1. The molecule has 1 amide bonds. The molecule has 0 unspecified atom stereocenters. The Morgan fingerprint density at radius 2 is 2.05 bits per heavy atom. The van der Waals surface area contributed by atoms with Gasteiger partial charge in [-0.15, -0.1) is 11.3 Å². The molecule has 0 fully saturated rings. The van der Waals surface area contributed by atoms with Gasteiger partial charge in [-0.3, -0.25) is 4.79 Å². The van der Waals surface area contributed by atoms with Crippen molar-refractivity contribution in [2.75, 3.05) is 0 Å². The van der Waals surface area contributed by atoms with Crippen LogP contribution in [0.5, 0.6) is 0 Å². The lowest BCUT2D eigenvalue weighted by Crippen LogP contribution is -2.51. The molecule has 0 saturated carbocycles. The van der Waals surface area contributed by atoms with E-state index in [9.17, 15) is 14.7 Å². The number of hydrogen-bond acceptors (Lipinski definition) is 4. The third kappa shape index (κ3) is 3.84. The minimum atomic E-state index is -1.21. The van der Waals surface area contributed by atoms with Crippen molar-refractivity contribution in [2.24, 2.45) is 5.92 Å². The van der Waals surface area contributed by atoms with Gasteiger partial charge >= 0.3 is 0 Å². The fourth-order valence-electron chi connectivity index (χ4n) is 2.66. The van der Waals surface area contributed by atoms with Crippen molar-refractivity contribution in [3.8, 4) is 0 Å². The first-order valence-corrected chi connectivity index (χ1v) is 8.47. The first-order chi connectivity index (χ1) is 10.0. The molecule has 5 heteroatoms. The number of aryl methyl sites for hydroxylation is 2. The van der Waals surface area contributed by atoms with E-state index in [2.05, 4.69) is 5.32 Å². The van der Waals surface area contributed by atoms with E-state index in [4.69, 9.17) is 0 Å². The zero-order chi connectivity index (χ0) is 15.4. The largest absolute Gasteiger partial charge is 0.548 e. The van der Waals surface area contributed by atoms with Crippen LogP contribution < -0.4 is 10.4 Å². The monoisotopic (exact) mass is 308 g/mol. The summed E-state index contributed by atoms with van der Waals surface area (Å²) in [5, 5.41) is 13.8. The van der Waals surface area contributed by atoms with Gasteiger partial charge in [0.25, 0.3) is 5.91 Å². The highest BCUT2D eigenvalue weighted by Gasteiger charge is 2.22. The van der Waals surface area contributed by atoms with E-state index in [1.165, 1.54) is 41.0 Å². The zero-order valence-corrected chi connectivity index (χ0v) is 13.4. The molecule has 0 bridgehead atoms. The van der Waals surface area contributed by atoms with Gasteiger partial charge in [0, 0.05) is 4.88 Å². The summed E-state index contributed by atoms with van der Waals surface area (Å²) in [4.78, 5) is 25.4. The van der Waals surface area contributed by atoms with E-state index in [0.29, 0.717) is 11.3 Å². The van der Waals surface area contributed by atoms with Crippen LogP contribution in [0.2, 0.25) is 0 Å². The summed E-state index contributed by atoms with van der Waals surface area (Å²) in [6.45, 7) is 3.71. The minimum Gasteiger partial charge on any atom is -0.548 e. The van der Waals surface area contributed by atoms with Crippen LogP contribution in [0.4, 0.5) is 0 Å². The van der Waals surface area contributed by atoms with Crippen LogP contribution >= 0.6 is 11.3 Å². The first kappa shape index (κ1) is 16.0. The Hall–Kier alpha value is -1.36. The van der Waals surface area contributed by atoms with Gasteiger partial charge in [-0.1, -0.05) is 26.7 Å². The number of nitrogens with one attached hydrogen (secondary N) is 1. The molecule has 1 aromatic heterocycles. The lowest BCUT2D eigenvalue weighted by Gasteiger charge is -2.24. The molecule has 4 nitrogen and oxygen atoms in total. The van der Waals surface area contributed by atoms with Gasteiger partial charge in [0.1, 0.15) is 0 Å². The first-order valence-electron chi connectivity index (χ1n) is 7.66. The molecule has 0 aliphatic heterocycles. The minimum absolute atomic E-state index is 0.142. The molecular weight excluding hydrogens is 286 g/mol. The summed E-state index contributed by atoms with van der Waals surface area (Å²) < 4.78 is 0. The predicted octanol–water partition coefficient (Wildman–Crippen LogP) is 1.91. The molecule has 116 valence electrons. The van der Waals surface area contributed by atoms with Crippen LogP contribution in [0, 0.1) is 5.92 Å². The summed E-state index contributed by atoms with van der Waals surface area (Å²) >= 11 is 1.50. The van der Waals surface area contributed by atoms with E-state index in [1.54, 1.807) is 0 Å². The quantitative estimate of drug-likeness (QED) is 0.845. The smallest absolute Gasteiger partial charge is 0.261 e. The van der Waals surface area contributed by atoms with E-state index < -0.39 is 12.0 Å². The highest BCUT2D eigenvalue weighted by molar-refractivity contribution is 7.14. The molecule has 1 heterocycles. The normalized spacial score (nSPS) is 17.4. The SMILES string of the molecule is CC[C@H](C)[C@H](NC(=O)c1cc2c(s1)CCCCC2)C(=O)[O-]. The maximum absolute atomic E-state index is 12.3. The van der Waals surface area contributed by atoms with Gasteiger partial charge in [0.2, 0.25) is 0 Å². The molecule has 1 N–H and O–H groups in total. The van der Waals surface area contributed by atoms with E-state index in [0.717, 1.165) is 12.8 Å².